The topological polar surface area (TPSA) is 76.2 Å². The highest BCUT2D eigenvalue weighted by atomic mass is 16.5. The van der Waals surface area contributed by atoms with Gasteiger partial charge in [0, 0.05) is 18.7 Å². The number of benzene rings is 2. The van der Waals surface area contributed by atoms with Crippen LogP contribution in [0.3, 0.4) is 0 Å². The van der Waals surface area contributed by atoms with Crippen molar-refractivity contribution in [2.24, 2.45) is 0 Å². The fourth-order valence-electron chi connectivity index (χ4n) is 3.32. The first kappa shape index (κ1) is 18.7. The number of para-hydroxylation sites is 2. The van der Waals surface area contributed by atoms with Gasteiger partial charge in [-0.2, -0.15) is 5.26 Å². The van der Waals surface area contributed by atoms with E-state index < -0.39 is 0 Å². The third-order valence-corrected chi connectivity index (χ3v) is 4.75. The van der Waals surface area contributed by atoms with Crippen LogP contribution < -0.4 is 9.64 Å². The van der Waals surface area contributed by atoms with Gasteiger partial charge in [0.2, 0.25) is 5.95 Å². The summed E-state index contributed by atoms with van der Waals surface area (Å²) in [6.07, 6.45) is 1.78. The molecule has 1 aromatic heterocycles. The zero-order valence-corrected chi connectivity index (χ0v) is 16.2. The standard InChI is InChI=1S/C22H21N5O2/c1-28-20-10-6-5-7-17(20)15-18(16-23)21-24-25-22(26-11-13-29-14-12-26)27(21)19-8-3-2-4-9-19/h2-10,15H,11-14H2,1H3. The van der Waals surface area contributed by atoms with Crippen molar-refractivity contribution in [3.05, 3.63) is 66.0 Å². The maximum Gasteiger partial charge on any atom is 0.232 e. The van der Waals surface area contributed by atoms with Gasteiger partial charge in [-0.25, -0.2) is 0 Å². The van der Waals surface area contributed by atoms with E-state index in [1.165, 1.54) is 0 Å². The van der Waals surface area contributed by atoms with Gasteiger partial charge in [-0.3, -0.25) is 4.57 Å². The minimum absolute atomic E-state index is 0.408. The summed E-state index contributed by atoms with van der Waals surface area (Å²) in [5.74, 6) is 1.89. The summed E-state index contributed by atoms with van der Waals surface area (Å²) in [5, 5.41) is 18.7. The Hall–Kier alpha value is -3.63. The van der Waals surface area contributed by atoms with Crippen LogP contribution in [0.25, 0.3) is 17.3 Å². The number of nitriles is 1. The van der Waals surface area contributed by atoms with Crippen LogP contribution in [0.5, 0.6) is 5.75 Å². The first-order valence-corrected chi connectivity index (χ1v) is 9.40. The molecule has 1 aliphatic heterocycles. The fourth-order valence-corrected chi connectivity index (χ4v) is 3.32. The van der Waals surface area contributed by atoms with E-state index in [0.29, 0.717) is 36.3 Å². The molecule has 0 aliphatic carbocycles. The first-order chi connectivity index (χ1) is 14.3. The van der Waals surface area contributed by atoms with Gasteiger partial charge in [-0.15, -0.1) is 10.2 Å². The van der Waals surface area contributed by atoms with Gasteiger partial charge in [0.1, 0.15) is 11.8 Å². The van der Waals surface area contributed by atoms with Gasteiger partial charge in [-0.1, -0.05) is 36.4 Å². The molecule has 0 N–H and O–H groups in total. The van der Waals surface area contributed by atoms with Gasteiger partial charge in [0.05, 0.1) is 31.6 Å². The van der Waals surface area contributed by atoms with E-state index in [0.717, 1.165) is 24.3 Å². The lowest BCUT2D eigenvalue weighted by Crippen LogP contribution is -2.38. The number of methoxy groups -OCH3 is 1. The quantitative estimate of drug-likeness (QED) is 0.626. The number of hydrogen-bond acceptors (Lipinski definition) is 6. The van der Waals surface area contributed by atoms with E-state index >= 15 is 0 Å². The van der Waals surface area contributed by atoms with Crippen molar-refractivity contribution in [1.29, 1.82) is 5.26 Å². The first-order valence-electron chi connectivity index (χ1n) is 9.40. The summed E-state index contributed by atoms with van der Waals surface area (Å²) < 4.78 is 12.8. The number of morpholine rings is 1. The summed E-state index contributed by atoms with van der Waals surface area (Å²) in [4.78, 5) is 2.13. The van der Waals surface area contributed by atoms with Crippen molar-refractivity contribution < 1.29 is 9.47 Å². The molecule has 0 saturated carbocycles. The lowest BCUT2D eigenvalue weighted by molar-refractivity contribution is 0.122. The van der Waals surface area contributed by atoms with Crippen molar-refractivity contribution in [2.75, 3.05) is 38.3 Å². The van der Waals surface area contributed by atoms with Crippen LogP contribution in [0, 0.1) is 11.3 Å². The van der Waals surface area contributed by atoms with Crippen LogP contribution in [0.4, 0.5) is 5.95 Å². The van der Waals surface area contributed by atoms with Gasteiger partial charge in [0.15, 0.2) is 5.82 Å². The number of nitrogens with zero attached hydrogens (tertiary/aromatic N) is 5. The third-order valence-electron chi connectivity index (χ3n) is 4.75. The number of aromatic nitrogens is 3. The molecule has 0 radical (unpaired) electrons. The highest BCUT2D eigenvalue weighted by molar-refractivity contribution is 5.89. The van der Waals surface area contributed by atoms with Crippen molar-refractivity contribution in [2.45, 2.75) is 0 Å². The van der Waals surface area contributed by atoms with Crippen LogP contribution in [-0.4, -0.2) is 48.2 Å². The molecule has 4 rings (SSSR count). The lowest BCUT2D eigenvalue weighted by Gasteiger charge is -2.28. The zero-order valence-electron chi connectivity index (χ0n) is 16.2. The van der Waals surface area contributed by atoms with E-state index in [-0.39, 0.29) is 0 Å². The molecule has 0 amide bonds. The summed E-state index contributed by atoms with van der Waals surface area (Å²) in [6, 6.07) is 19.7. The molecule has 1 fully saturated rings. The monoisotopic (exact) mass is 387 g/mol. The predicted octanol–water partition coefficient (Wildman–Crippen LogP) is 3.18. The summed E-state index contributed by atoms with van der Waals surface area (Å²) in [5.41, 5.74) is 2.11. The molecule has 0 atom stereocenters. The van der Waals surface area contributed by atoms with E-state index in [9.17, 15) is 5.26 Å². The second-order valence-electron chi connectivity index (χ2n) is 6.51. The Morgan fingerprint density at radius 2 is 1.79 bits per heavy atom. The van der Waals surface area contributed by atoms with E-state index in [1.807, 2.05) is 59.2 Å². The largest absolute Gasteiger partial charge is 0.496 e. The zero-order chi connectivity index (χ0) is 20.1. The molecule has 1 saturated heterocycles. The minimum atomic E-state index is 0.408. The second kappa shape index (κ2) is 8.59. The van der Waals surface area contributed by atoms with Crippen molar-refractivity contribution in [1.82, 2.24) is 14.8 Å². The Kier molecular flexibility index (Phi) is 5.54. The van der Waals surface area contributed by atoms with Gasteiger partial charge < -0.3 is 14.4 Å². The molecule has 7 nitrogen and oxygen atoms in total. The number of anilines is 1. The smallest absolute Gasteiger partial charge is 0.232 e. The minimum Gasteiger partial charge on any atom is -0.496 e. The van der Waals surface area contributed by atoms with Gasteiger partial charge in [-0.05, 0) is 24.3 Å². The molecule has 7 heteroatoms. The van der Waals surface area contributed by atoms with Crippen LogP contribution >= 0.6 is 0 Å². The number of hydrogen-bond donors (Lipinski definition) is 0. The normalized spacial score (nSPS) is 14.5. The molecule has 0 spiro atoms. The predicted molar refractivity (Wildman–Crippen MR) is 111 cm³/mol. The van der Waals surface area contributed by atoms with Crippen LogP contribution in [0.15, 0.2) is 54.6 Å². The van der Waals surface area contributed by atoms with E-state index in [2.05, 4.69) is 21.2 Å². The molecule has 29 heavy (non-hydrogen) atoms. The third kappa shape index (κ3) is 3.84. The molecular formula is C22H21N5O2. The molecule has 146 valence electrons. The van der Waals surface area contributed by atoms with Crippen LogP contribution in [0.1, 0.15) is 11.4 Å². The average molecular weight is 387 g/mol. The lowest BCUT2D eigenvalue weighted by atomic mass is 10.1. The number of rotatable bonds is 5. The average Bonchev–Trinajstić information content (AvgIpc) is 3.24. The summed E-state index contributed by atoms with van der Waals surface area (Å²) in [7, 11) is 1.61. The Labute approximate surface area is 169 Å². The van der Waals surface area contributed by atoms with Crippen LogP contribution in [-0.2, 0) is 4.74 Å². The Balaban J connectivity index is 1.85. The number of ether oxygens (including phenoxy) is 2. The summed E-state index contributed by atoms with van der Waals surface area (Å²) >= 11 is 0. The molecule has 1 aliphatic rings. The van der Waals surface area contributed by atoms with Crippen molar-refractivity contribution in [3.8, 4) is 17.5 Å². The Morgan fingerprint density at radius 1 is 1.07 bits per heavy atom. The molecule has 2 aromatic carbocycles. The second-order valence-corrected chi connectivity index (χ2v) is 6.51. The Morgan fingerprint density at radius 3 is 2.52 bits per heavy atom. The fraction of sp³-hybridized carbons (Fsp3) is 0.227. The maximum absolute atomic E-state index is 9.92. The molecule has 3 aromatic rings. The van der Waals surface area contributed by atoms with E-state index in [1.54, 1.807) is 13.2 Å². The van der Waals surface area contributed by atoms with Crippen LogP contribution in [0.2, 0.25) is 0 Å². The van der Waals surface area contributed by atoms with Gasteiger partial charge >= 0.3 is 0 Å². The molecule has 0 bridgehead atoms. The molecule has 2 heterocycles. The highest BCUT2D eigenvalue weighted by Gasteiger charge is 2.23. The SMILES string of the molecule is COc1ccccc1C=C(C#N)c1nnc(N2CCOCC2)n1-c1ccccc1. The maximum atomic E-state index is 9.92. The van der Waals surface area contributed by atoms with Gasteiger partial charge in [0.25, 0.3) is 0 Å². The molecular weight excluding hydrogens is 366 g/mol. The van der Waals surface area contributed by atoms with E-state index in [4.69, 9.17) is 9.47 Å². The molecule has 0 unspecified atom stereocenters. The van der Waals surface area contributed by atoms with Crippen molar-refractivity contribution in [3.63, 3.8) is 0 Å². The van der Waals surface area contributed by atoms with Crippen molar-refractivity contribution >= 4 is 17.6 Å². The number of allylic oxidation sites excluding steroid dienone is 1. The Bertz CT molecular complexity index is 1050. The summed E-state index contributed by atoms with van der Waals surface area (Å²) in [6.45, 7) is 2.73. The highest BCUT2D eigenvalue weighted by Crippen LogP contribution is 2.28.